The molecule has 1 saturated heterocycles. The molecule has 1 saturated carbocycles. The molecule has 0 unspecified atom stereocenters. The first kappa shape index (κ1) is 15.0. The second kappa shape index (κ2) is 6.44. The van der Waals surface area contributed by atoms with Crippen LogP contribution in [0.25, 0.3) is 0 Å². The largest absolute Gasteiger partial charge is 0.351 e. The number of nitrogens with one attached hydrogen (secondary N) is 1. The second-order valence-corrected chi connectivity index (χ2v) is 7.45. The van der Waals surface area contributed by atoms with Crippen LogP contribution in [0.3, 0.4) is 0 Å². The van der Waals surface area contributed by atoms with Crippen LogP contribution in [0, 0.1) is 12.8 Å². The first-order chi connectivity index (χ1) is 10.2. The van der Waals surface area contributed by atoms with Crippen molar-refractivity contribution >= 4 is 17.2 Å². The van der Waals surface area contributed by atoms with Crippen LogP contribution < -0.4 is 5.32 Å². The van der Waals surface area contributed by atoms with Gasteiger partial charge in [-0.15, -0.1) is 11.3 Å². The van der Waals surface area contributed by atoms with Crippen LogP contribution in [0.2, 0.25) is 0 Å². The summed E-state index contributed by atoms with van der Waals surface area (Å²) in [5.41, 5.74) is 0.881. The Balaban J connectivity index is 1.49. The Morgan fingerprint density at radius 1 is 1.43 bits per heavy atom. The van der Waals surface area contributed by atoms with Crippen LogP contribution in [-0.2, 0) is 6.42 Å². The summed E-state index contributed by atoms with van der Waals surface area (Å²) in [6.45, 7) is 7.26. The Hall–Kier alpha value is -0.940. The molecule has 1 N–H and O–H groups in total. The molecule has 5 heteroatoms. The SMILES string of the molecule is CCCc1nc(C)c(C(=O)NC[C@@H]2CCN(C3CC3)C2)s1. The van der Waals surface area contributed by atoms with E-state index in [9.17, 15) is 4.79 Å². The Bertz CT molecular complexity index is 510. The number of hydrogen-bond donors (Lipinski definition) is 1. The van der Waals surface area contributed by atoms with Crippen LogP contribution in [0.5, 0.6) is 0 Å². The first-order valence-electron chi connectivity index (χ1n) is 8.16. The van der Waals surface area contributed by atoms with E-state index >= 15 is 0 Å². The number of thiazole rings is 1. The van der Waals surface area contributed by atoms with Crippen LogP contribution in [0.1, 0.15) is 53.0 Å². The van der Waals surface area contributed by atoms with Gasteiger partial charge >= 0.3 is 0 Å². The summed E-state index contributed by atoms with van der Waals surface area (Å²) in [6.07, 6.45) is 6.02. The predicted octanol–water partition coefficient (Wildman–Crippen LogP) is 2.62. The lowest BCUT2D eigenvalue weighted by Gasteiger charge is -2.15. The van der Waals surface area contributed by atoms with Crippen molar-refractivity contribution in [3.63, 3.8) is 0 Å². The Labute approximate surface area is 130 Å². The third kappa shape index (κ3) is 3.64. The number of carbonyl (C=O) groups excluding carboxylic acids is 1. The summed E-state index contributed by atoms with van der Waals surface area (Å²) in [5.74, 6) is 0.690. The van der Waals surface area contributed by atoms with Gasteiger partial charge in [0.2, 0.25) is 0 Å². The maximum Gasteiger partial charge on any atom is 0.263 e. The zero-order valence-corrected chi connectivity index (χ0v) is 13.8. The maximum atomic E-state index is 12.3. The van der Waals surface area contributed by atoms with Gasteiger partial charge in [0.1, 0.15) is 4.88 Å². The third-order valence-electron chi connectivity index (χ3n) is 4.44. The summed E-state index contributed by atoms with van der Waals surface area (Å²) in [6, 6.07) is 0.853. The number of aromatic nitrogens is 1. The summed E-state index contributed by atoms with van der Waals surface area (Å²) in [5, 5.41) is 4.21. The van der Waals surface area contributed by atoms with Crippen molar-refractivity contribution in [3.05, 3.63) is 15.6 Å². The summed E-state index contributed by atoms with van der Waals surface area (Å²) in [4.78, 5) is 20.2. The number of amides is 1. The van der Waals surface area contributed by atoms with E-state index < -0.39 is 0 Å². The van der Waals surface area contributed by atoms with Crippen molar-refractivity contribution in [1.82, 2.24) is 15.2 Å². The third-order valence-corrected chi connectivity index (χ3v) is 5.66. The van der Waals surface area contributed by atoms with Gasteiger partial charge < -0.3 is 10.2 Å². The molecule has 3 rings (SSSR count). The van der Waals surface area contributed by atoms with Gasteiger partial charge in [-0.2, -0.15) is 0 Å². The van der Waals surface area contributed by atoms with E-state index in [1.807, 2.05) is 6.92 Å². The number of hydrogen-bond acceptors (Lipinski definition) is 4. The molecule has 1 atom stereocenters. The van der Waals surface area contributed by atoms with E-state index in [1.165, 1.54) is 25.8 Å². The van der Waals surface area contributed by atoms with Gasteiger partial charge in [0, 0.05) is 19.1 Å². The number of nitrogens with zero attached hydrogens (tertiary/aromatic N) is 2. The van der Waals surface area contributed by atoms with E-state index in [-0.39, 0.29) is 5.91 Å². The minimum absolute atomic E-state index is 0.0669. The Morgan fingerprint density at radius 3 is 2.95 bits per heavy atom. The van der Waals surface area contributed by atoms with E-state index in [1.54, 1.807) is 11.3 Å². The number of likely N-dealkylation sites (tertiary alicyclic amines) is 1. The molecule has 0 bridgehead atoms. The van der Waals surface area contributed by atoms with E-state index in [4.69, 9.17) is 0 Å². The molecular formula is C16H25N3OS. The zero-order chi connectivity index (χ0) is 14.8. The Kier molecular flexibility index (Phi) is 4.60. The topological polar surface area (TPSA) is 45.2 Å². The lowest BCUT2D eigenvalue weighted by Crippen LogP contribution is -2.31. The molecule has 0 radical (unpaired) electrons. The summed E-state index contributed by atoms with van der Waals surface area (Å²) >= 11 is 1.56. The Morgan fingerprint density at radius 2 is 2.24 bits per heavy atom. The quantitative estimate of drug-likeness (QED) is 0.879. The molecule has 2 fully saturated rings. The number of carbonyl (C=O) groups is 1. The minimum atomic E-state index is 0.0669. The van der Waals surface area contributed by atoms with Gasteiger partial charge in [0.05, 0.1) is 10.7 Å². The van der Waals surface area contributed by atoms with Gasteiger partial charge in [-0.3, -0.25) is 4.79 Å². The highest BCUT2D eigenvalue weighted by Crippen LogP contribution is 2.31. The van der Waals surface area contributed by atoms with Gasteiger partial charge in [0.25, 0.3) is 5.91 Å². The number of aryl methyl sites for hydroxylation is 2. The fourth-order valence-corrected chi connectivity index (χ4v) is 4.18. The minimum Gasteiger partial charge on any atom is -0.351 e. The molecule has 1 aromatic heterocycles. The molecule has 1 aromatic rings. The standard InChI is InChI=1S/C16H25N3OS/c1-3-4-14-18-11(2)15(21-14)16(20)17-9-12-7-8-19(10-12)13-5-6-13/h12-13H,3-10H2,1-2H3,(H,17,20)/t12-/m0/s1. The van der Waals surface area contributed by atoms with Gasteiger partial charge in [-0.25, -0.2) is 4.98 Å². The average Bonchev–Trinajstić information content (AvgIpc) is 3.09. The first-order valence-corrected chi connectivity index (χ1v) is 8.97. The molecular weight excluding hydrogens is 282 g/mol. The van der Waals surface area contributed by atoms with Crippen LogP contribution >= 0.6 is 11.3 Å². The highest BCUT2D eigenvalue weighted by molar-refractivity contribution is 7.13. The normalized spacial score (nSPS) is 22.7. The second-order valence-electron chi connectivity index (χ2n) is 6.36. The zero-order valence-electron chi connectivity index (χ0n) is 13.0. The summed E-state index contributed by atoms with van der Waals surface area (Å²) in [7, 11) is 0. The van der Waals surface area contributed by atoms with Crippen LogP contribution in [0.4, 0.5) is 0 Å². The van der Waals surface area contributed by atoms with Gasteiger partial charge in [0.15, 0.2) is 0 Å². The van der Waals surface area contributed by atoms with Gasteiger partial charge in [-0.05, 0) is 51.5 Å². The lowest BCUT2D eigenvalue weighted by atomic mass is 10.1. The van der Waals surface area contributed by atoms with Crippen molar-refractivity contribution in [2.24, 2.45) is 5.92 Å². The molecule has 21 heavy (non-hydrogen) atoms. The molecule has 0 aromatic carbocycles. The fraction of sp³-hybridized carbons (Fsp3) is 0.750. The van der Waals surface area contributed by atoms with Crippen LogP contribution in [-0.4, -0.2) is 41.5 Å². The molecule has 1 aliphatic carbocycles. The molecule has 4 nitrogen and oxygen atoms in total. The molecule has 2 aliphatic rings. The highest BCUT2D eigenvalue weighted by atomic mass is 32.1. The van der Waals surface area contributed by atoms with E-state index in [0.29, 0.717) is 5.92 Å². The predicted molar refractivity (Wildman–Crippen MR) is 85.9 cm³/mol. The average molecular weight is 307 g/mol. The molecule has 1 aliphatic heterocycles. The number of rotatable bonds is 6. The smallest absolute Gasteiger partial charge is 0.263 e. The van der Waals surface area contributed by atoms with Crippen LogP contribution in [0.15, 0.2) is 0 Å². The van der Waals surface area contributed by atoms with Crippen molar-refractivity contribution in [2.75, 3.05) is 19.6 Å². The van der Waals surface area contributed by atoms with Crippen molar-refractivity contribution < 1.29 is 4.79 Å². The van der Waals surface area contributed by atoms with Gasteiger partial charge in [-0.1, -0.05) is 6.92 Å². The molecule has 116 valence electrons. The monoisotopic (exact) mass is 307 g/mol. The summed E-state index contributed by atoms with van der Waals surface area (Å²) < 4.78 is 0. The maximum absolute atomic E-state index is 12.3. The van der Waals surface area contributed by atoms with Crippen molar-refractivity contribution in [2.45, 2.75) is 52.0 Å². The highest BCUT2D eigenvalue weighted by Gasteiger charge is 2.34. The van der Waals surface area contributed by atoms with E-state index in [0.717, 1.165) is 47.6 Å². The van der Waals surface area contributed by atoms with Crippen molar-refractivity contribution in [1.29, 1.82) is 0 Å². The van der Waals surface area contributed by atoms with E-state index in [2.05, 4.69) is 22.1 Å². The fourth-order valence-electron chi connectivity index (χ4n) is 3.10. The molecule has 0 spiro atoms. The van der Waals surface area contributed by atoms with Crippen molar-refractivity contribution in [3.8, 4) is 0 Å². The lowest BCUT2D eigenvalue weighted by molar-refractivity contribution is 0.0950. The molecule has 1 amide bonds. The molecule has 2 heterocycles.